The van der Waals surface area contributed by atoms with E-state index in [4.69, 9.17) is 28.4 Å². The first-order valence-electron chi connectivity index (χ1n) is 13.4. The second kappa shape index (κ2) is 11.1. The summed E-state index contributed by atoms with van der Waals surface area (Å²) in [5.74, 6) is -7.84. The molecular formula is C30H46O10. The van der Waals surface area contributed by atoms with Crippen molar-refractivity contribution >= 4 is 23.9 Å². The van der Waals surface area contributed by atoms with Crippen molar-refractivity contribution in [3.63, 3.8) is 0 Å². The van der Waals surface area contributed by atoms with Gasteiger partial charge in [-0.05, 0) is 83.1 Å². The highest BCUT2D eigenvalue weighted by Crippen LogP contribution is 2.58. The Morgan fingerprint density at radius 1 is 0.475 bits per heavy atom. The minimum atomic E-state index is -1.27. The average molecular weight is 567 g/mol. The number of carbonyl (C=O) groups excluding carboxylic acids is 4. The Hall–Kier alpha value is -3.04. The second-order valence-electron chi connectivity index (χ2n) is 14.0. The lowest BCUT2D eigenvalue weighted by molar-refractivity contribution is -0.165. The predicted molar refractivity (Wildman–Crippen MR) is 145 cm³/mol. The highest BCUT2D eigenvalue weighted by molar-refractivity contribution is 6.01. The standard InChI is InChI=1S/C30H46O10/c1-27(2,3)37-23(31)17-15-16(19(21(17)35-13)25(33)39-29(7,8)9)20(26(34)40-30(10,11)12)22(36-14)18(15)24(32)38-28(4,5)6/h15-17,20H,1-14H3. The van der Waals surface area contributed by atoms with Gasteiger partial charge in [0.25, 0.3) is 0 Å². The Morgan fingerprint density at radius 2 is 0.725 bits per heavy atom. The van der Waals surface area contributed by atoms with Gasteiger partial charge in [0.15, 0.2) is 0 Å². The van der Waals surface area contributed by atoms with Gasteiger partial charge in [0, 0.05) is 11.8 Å². The van der Waals surface area contributed by atoms with E-state index in [2.05, 4.69) is 0 Å². The summed E-state index contributed by atoms with van der Waals surface area (Å²) in [5.41, 5.74) is -3.72. The molecule has 0 N–H and O–H groups in total. The Bertz CT molecular complexity index is 1010. The van der Waals surface area contributed by atoms with Gasteiger partial charge in [-0.1, -0.05) is 0 Å². The fourth-order valence-electron chi connectivity index (χ4n) is 4.95. The van der Waals surface area contributed by atoms with Crippen LogP contribution in [0.2, 0.25) is 0 Å². The van der Waals surface area contributed by atoms with Crippen molar-refractivity contribution in [1.29, 1.82) is 0 Å². The van der Waals surface area contributed by atoms with Crippen LogP contribution >= 0.6 is 0 Å². The van der Waals surface area contributed by atoms with Gasteiger partial charge in [-0.2, -0.15) is 0 Å². The van der Waals surface area contributed by atoms with Gasteiger partial charge < -0.3 is 28.4 Å². The molecule has 2 rings (SSSR count). The van der Waals surface area contributed by atoms with Gasteiger partial charge in [0.2, 0.25) is 0 Å². The van der Waals surface area contributed by atoms with E-state index in [9.17, 15) is 19.2 Å². The summed E-state index contributed by atoms with van der Waals surface area (Å²) in [4.78, 5) is 55.0. The zero-order chi connectivity index (χ0) is 31.2. The Kier molecular flexibility index (Phi) is 9.19. The lowest BCUT2D eigenvalue weighted by Gasteiger charge is -2.28. The van der Waals surface area contributed by atoms with Crippen LogP contribution in [0, 0.1) is 23.7 Å². The van der Waals surface area contributed by atoms with Gasteiger partial charge in [-0.25, -0.2) is 9.59 Å². The summed E-state index contributed by atoms with van der Waals surface area (Å²) < 4.78 is 34.2. The Balaban J connectivity index is 2.93. The number of hydrogen-bond donors (Lipinski definition) is 0. The van der Waals surface area contributed by atoms with Crippen LogP contribution in [-0.4, -0.2) is 60.5 Å². The topological polar surface area (TPSA) is 124 Å². The molecule has 0 saturated heterocycles. The molecule has 0 fully saturated rings. The van der Waals surface area contributed by atoms with E-state index in [1.807, 2.05) is 0 Å². The first kappa shape index (κ1) is 33.2. The summed E-state index contributed by atoms with van der Waals surface area (Å²) in [6.45, 7) is 20.4. The summed E-state index contributed by atoms with van der Waals surface area (Å²) in [5, 5.41) is 0. The molecule has 0 aromatic rings. The van der Waals surface area contributed by atoms with Crippen molar-refractivity contribution < 1.29 is 47.6 Å². The summed E-state index contributed by atoms with van der Waals surface area (Å²) in [6.07, 6.45) is 0. The first-order chi connectivity index (χ1) is 17.9. The van der Waals surface area contributed by atoms with Crippen LogP contribution in [0.5, 0.6) is 0 Å². The van der Waals surface area contributed by atoms with Crippen molar-refractivity contribution in [1.82, 2.24) is 0 Å². The second-order valence-corrected chi connectivity index (χ2v) is 14.0. The third-order valence-corrected chi connectivity index (χ3v) is 5.87. The third-order valence-electron chi connectivity index (χ3n) is 5.87. The molecule has 0 aromatic heterocycles. The number of carbonyl (C=O) groups is 4. The van der Waals surface area contributed by atoms with E-state index in [0.717, 1.165) is 0 Å². The van der Waals surface area contributed by atoms with Crippen LogP contribution in [0.3, 0.4) is 0 Å². The van der Waals surface area contributed by atoms with E-state index < -0.39 is 70.0 Å². The van der Waals surface area contributed by atoms with Crippen molar-refractivity contribution in [2.75, 3.05) is 14.2 Å². The number of hydrogen-bond acceptors (Lipinski definition) is 10. The molecule has 40 heavy (non-hydrogen) atoms. The first-order valence-corrected chi connectivity index (χ1v) is 13.4. The molecule has 226 valence electrons. The number of ether oxygens (including phenoxy) is 6. The molecule has 0 aromatic carbocycles. The van der Waals surface area contributed by atoms with E-state index >= 15 is 0 Å². The van der Waals surface area contributed by atoms with Crippen LogP contribution < -0.4 is 0 Å². The fraction of sp³-hybridized carbons (Fsp3) is 0.733. The highest BCUT2D eigenvalue weighted by Gasteiger charge is 2.64. The molecule has 0 spiro atoms. The van der Waals surface area contributed by atoms with Crippen molar-refractivity contribution in [2.45, 2.75) is 105 Å². The van der Waals surface area contributed by atoms with Crippen LogP contribution in [0.15, 0.2) is 22.7 Å². The molecule has 4 unspecified atom stereocenters. The van der Waals surface area contributed by atoms with Crippen LogP contribution in [0.4, 0.5) is 0 Å². The highest BCUT2D eigenvalue weighted by atomic mass is 16.6. The van der Waals surface area contributed by atoms with Gasteiger partial charge in [-0.3, -0.25) is 9.59 Å². The maximum absolute atomic E-state index is 13.8. The molecule has 10 nitrogen and oxygen atoms in total. The van der Waals surface area contributed by atoms with Crippen LogP contribution in [-0.2, 0) is 47.6 Å². The monoisotopic (exact) mass is 566 g/mol. The lowest BCUT2D eigenvalue weighted by atomic mass is 9.80. The average Bonchev–Trinajstić information content (AvgIpc) is 3.19. The maximum atomic E-state index is 13.8. The SMILES string of the molecule is COC1=C(C(=O)OC(C)(C)C)C2C(C(=O)OC(C)(C)C)C(OC)=C(C(=O)OC(C)(C)C)C2C1C(=O)OC(C)(C)C. The number of rotatable bonds is 6. The molecule has 0 radical (unpaired) electrons. The quantitative estimate of drug-likeness (QED) is 0.332. The van der Waals surface area contributed by atoms with E-state index in [1.54, 1.807) is 83.1 Å². The minimum Gasteiger partial charge on any atom is -0.500 e. The number of fused-ring (bicyclic) bond motifs is 1. The minimum absolute atomic E-state index is 0.0386. The predicted octanol–water partition coefficient (Wildman–Crippen LogP) is 4.65. The van der Waals surface area contributed by atoms with E-state index in [0.29, 0.717) is 0 Å². The molecule has 0 aliphatic heterocycles. The smallest absolute Gasteiger partial charge is 0.338 e. The molecular weight excluding hydrogens is 520 g/mol. The van der Waals surface area contributed by atoms with Crippen LogP contribution in [0.1, 0.15) is 83.1 Å². The molecule has 2 aliphatic carbocycles. The zero-order valence-corrected chi connectivity index (χ0v) is 26.4. The zero-order valence-electron chi connectivity index (χ0n) is 26.4. The van der Waals surface area contributed by atoms with Gasteiger partial charge >= 0.3 is 23.9 Å². The normalized spacial score (nSPS) is 23.4. The van der Waals surface area contributed by atoms with Crippen molar-refractivity contribution in [2.24, 2.45) is 23.7 Å². The maximum Gasteiger partial charge on any atom is 0.338 e. The summed E-state index contributed by atoms with van der Waals surface area (Å²) in [7, 11) is 2.63. The van der Waals surface area contributed by atoms with Gasteiger partial charge in [-0.15, -0.1) is 0 Å². The van der Waals surface area contributed by atoms with Crippen LogP contribution in [0.25, 0.3) is 0 Å². The lowest BCUT2D eigenvalue weighted by Crippen LogP contribution is -2.37. The molecule has 0 heterocycles. The van der Waals surface area contributed by atoms with E-state index in [1.165, 1.54) is 14.2 Å². The molecule has 4 atom stereocenters. The van der Waals surface area contributed by atoms with Gasteiger partial charge in [0.1, 0.15) is 45.8 Å². The summed E-state index contributed by atoms with van der Waals surface area (Å²) >= 11 is 0. The van der Waals surface area contributed by atoms with Crippen molar-refractivity contribution in [3.05, 3.63) is 22.7 Å². The van der Waals surface area contributed by atoms with Crippen molar-refractivity contribution in [3.8, 4) is 0 Å². The molecule has 10 heteroatoms. The molecule has 0 saturated carbocycles. The molecule has 0 amide bonds. The molecule has 2 aliphatic rings. The number of esters is 4. The fourth-order valence-corrected chi connectivity index (χ4v) is 4.95. The van der Waals surface area contributed by atoms with E-state index in [-0.39, 0.29) is 22.7 Å². The summed E-state index contributed by atoms with van der Waals surface area (Å²) in [6, 6.07) is 0. The van der Waals surface area contributed by atoms with Gasteiger partial charge in [0.05, 0.1) is 25.4 Å². The largest absolute Gasteiger partial charge is 0.500 e. The Labute approximate surface area is 237 Å². The Morgan fingerprint density at radius 3 is 0.925 bits per heavy atom. The molecule has 0 bridgehead atoms. The third kappa shape index (κ3) is 7.57. The number of methoxy groups -OCH3 is 2.